The molecule has 172 valence electrons. The lowest BCUT2D eigenvalue weighted by molar-refractivity contribution is -0.133. The molecule has 1 saturated heterocycles. The second-order valence-corrected chi connectivity index (χ2v) is 9.00. The minimum absolute atomic E-state index is 0.0201. The highest BCUT2D eigenvalue weighted by Gasteiger charge is 2.35. The standard InChI is InChI=1S/C24H37N3O4/c1-17(2)20-16-26(12-13-27(20)24(29)25-19-8-6-5-7-9-19)23(28)15-18-10-11-21(30-3)22(14-18)31-4/h10-11,14,17,19-20H,5-9,12-13,15-16H2,1-4H3,(H,25,29). The number of benzene rings is 1. The quantitative estimate of drug-likeness (QED) is 0.749. The second kappa shape index (κ2) is 10.7. The van der Waals surface area contributed by atoms with Crippen molar-refractivity contribution in [3.05, 3.63) is 23.8 Å². The molecule has 1 aromatic rings. The molecule has 1 atom stereocenters. The third-order valence-corrected chi connectivity index (χ3v) is 6.54. The molecule has 7 heteroatoms. The van der Waals surface area contributed by atoms with Crippen LogP contribution in [-0.2, 0) is 11.2 Å². The van der Waals surface area contributed by atoms with Gasteiger partial charge in [0.15, 0.2) is 11.5 Å². The van der Waals surface area contributed by atoms with Crippen LogP contribution < -0.4 is 14.8 Å². The first-order chi connectivity index (χ1) is 14.9. The Morgan fingerprint density at radius 2 is 1.77 bits per heavy atom. The normalized spacial score (nSPS) is 20.0. The van der Waals surface area contributed by atoms with Gasteiger partial charge in [-0.3, -0.25) is 4.79 Å². The van der Waals surface area contributed by atoms with Gasteiger partial charge in [-0.2, -0.15) is 0 Å². The number of hydrogen-bond acceptors (Lipinski definition) is 4. The van der Waals surface area contributed by atoms with E-state index in [0.717, 1.165) is 18.4 Å². The van der Waals surface area contributed by atoms with E-state index in [-0.39, 0.29) is 23.9 Å². The zero-order valence-electron chi connectivity index (χ0n) is 19.4. The maximum atomic E-state index is 13.0. The van der Waals surface area contributed by atoms with Crippen LogP contribution in [0.15, 0.2) is 18.2 Å². The highest BCUT2D eigenvalue weighted by atomic mass is 16.5. The summed E-state index contributed by atoms with van der Waals surface area (Å²) >= 11 is 0. The van der Waals surface area contributed by atoms with Crippen LogP contribution in [0.4, 0.5) is 4.79 Å². The van der Waals surface area contributed by atoms with Gasteiger partial charge in [-0.05, 0) is 36.5 Å². The van der Waals surface area contributed by atoms with Gasteiger partial charge in [-0.15, -0.1) is 0 Å². The van der Waals surface area contributed by atoms with Crippen LogP contribution in [-0.4, -0.2) is 67.7 Å². The molecule has 1 saturated carbocycles. The highest BCUT2D eigenvalue weighted by Crippen LogP contribution is 2.28. The smallest absolute Gasteiger partial charge is 0.317 e. The highest BCUT2D eigenvalue weighted by molar-refractivity contribution is 5.80. The lowest BCUT2D eigenvalue weighted by Crippen LogP contribution is -2.61. The molecule has 1 aliphatic heterocycles. The van der Waals surface area contributed by atoms with Crippen molar-refractivity contribution < 1.29 is 19.1 Å². The van der Waals surface area contributed by atoms with Crippen LogP contribution in [0.3, 0.4) is 0 Å². The Hall–Kier alpha value is -2.44. The Morgan fingerprint density at radius 3 is 2.42 bits per heavy atom. The molecule has 1 N–H and O–H groups in total. The van der Waals surface area contributed by atoms with Gasteiger partial charge in [0.2, 0.25) is 5.91 Å². The van der Waals surface area contributed by atoms with Gasteiger partial charge in [0, 0.05) is 25.7 Å². The van der Waals surface area contributed by atoms with Gasteiger partial charge in [0.1, 0.15) is 0 Å². The summed E-state index contributed by atoms with van der Waals surface area (Å²) in [5.41, 5.74) is 0.890. The molecule has 2 aliphatic rings. The first-order valence-electron chi connectivity index (χ1n) is 11.5. The third kappa shape index (κ3) is 5.83. The molecule has 1 heterocycles. The van der Waals surface area contributed by atoms with Crippen LogP contribution in [0, 0.1) is 5.92 Å². The number of rotatable bonds is 6. The third-order valence-electron chi connectivity index (χ3n) is 6.54. The molecule has 31 heavy (non-hydrogen) atoms. The monoisotopic (exact) mass is 431 g/mol. The van der Waals surface area contributed by atoms with Crippen LogP contribution in [0.5, 0.6) is 11.5 Å². The summed E-state index contributed by atoms with van der Waals surface area (Å²) in [6.45, 7) is 5.94. The Bertz CT molecular complexity index is 761. The molecular formula is C24H37N3O4. The van der Waals surface area contributed by atoms with Crippen molar-refractivity contribution in [3.8, 4) is 11.5 Å². The number of carbonyl (C=O) groups is 2. The minimum Gasteiger partial charge on any atom is -0.493 e. The molecule has 1 unspecified atom stereocenters. The van der Waals surface area contributed by atoms with Gasteiger partial charge in [0.25, 0.3) is 0 Å². The Kier molecular flexibility index (Phi) is 8.04. The number of amides is 3. The number of ether oxygens (including phenoxy) is 2. The fraction of sp³-hybridized carbons (Fsp3) is 0.667. The number of nitrogens with one attached hydrogen (secondary N) is 1. The van der Waals surface area contributed by atoms with Crippen LogP contribution in [0.1, 0.15) is 51.5 Å². The number of methoxy groups -OCH3 is 2. The predicted octanol–water partition coefficient (Wildman–Crippen LogP) is 3.46. The van der Waals surface area contributed by atoms with Gasteiger partial charge < -0.3 is 24.6 Å². The predicted molar refractivity (Wildman–Crippen MR) is 121 cm³/mol. The SMILES string of the molecule is COc1ccc(CC(=O)N2CCN(C(=O)NC3CCCCC3)C(C(C)C)C2)cc1OC. The lowest BCUT2D eigenvalue weighted by Gasteiger charge is -2.44. The van der Waals surface area contributed by atoms with Crippen LogP contribution >= 0.6 is 0 Å². The molecule has 3 amide bonds. The van der Waals surface area contributed by atoms with E-state index in [9.17, 15) is 9.59 Å². The Balaban J connectivity index is 1.61. The maximum absolute atomic E-state index is 13.0. The molecule has 0 bridgehead atoms. The maximum Gasteiger partial charge on any atom is 0.317 e. The number of hydrogen-bond donors (Lipinski definition) is 1. The van der Waals surface area contributed by atoms with E-state index in [1.807, 2.05) is 28.0 Å². The Labute approximate surface area is 186 Å². The first-order valence-corrected chi connectivity index (χ1v) is 11.5. The van der Waals surface area contributed by atoms with Crippen LogP contribution in [0.25, 0.3) is 0 Å². The van der Waals surface area contributed by atoms with Crippen molar-refractivity contribution in [2.75, 3.05) is 33.9 Å². The molecule has 0 radical (unpaired) electrons. The van der Waals surface area contributed by atoms with Crippen molar-refractivity contribution >= 4 is 11.9 Å². The number of nitrogens with zero attached hydrogens (tertiary/aromatic N) is 2. The summed E-state index contributed by atoms with van der Waals surface area (Å²) in [6, 6.07) is 5.91. The van der Waals surface area contributed by atoms with E-state index in [1.54, 1.807) is 14.2 Å². The fourth-order valence-corrected chi connectivity index (χ4v) is 4.64. The first kappa shape index (κ1) is 23.2. The summed E-state index contributed by atoms with van der Waals surface area (Å²) in [5.74, 6) is 1.62. The zero-order chi connectivity index (χ0) is 22.4. The van der Waals surface area contributed by atoms with Crippen molar-refractivity contribution in [1.29, 1.82) is 0 Å². The number of piperazine rings is 1. The molecule has 0 spiro atoms. The minimum atomic E-state index is 0.0201. The topological polar surface area (TPSA) is 71.1 Å². The second-order valence-electron chi connectivity index (χ2n) is 9.00. The summed E-state index contributed by atoms with van der Waals surface area (Å²) in [4.78, 5) is 29.8. The van der Waals surface area contributed by atoms with Gasteiger partial charge in [-0.25, -0.2) is 4.79 Å². The fourth-order valence-electron chi connectivity index (χ4n) is 4.64. The van der Waals surface area contributed by atoms with Gasteiger partial charge >= 0.3 is 6.03 Å². The summed E-state index contributed by atoms with van der Waals surface area (Å²) < 4.78 is 10.6. The van der Waals surface area contributed by atoms with Gasteiger partial charge in [-0.1, -0.05) is 39.2 Å². The molecule has 1 aromatic carbocycles. The van der Waals surface area contributed by atoms with E-state index in [4.69, 9.17) is 9.47 Å². The zero-order valence-corrected chi connectivity index (χ0v) is 19.4. The van der Waals surface area contributed by atoms with Gasteiger partial charge in [0.05, 0.1) is 26.7 Å². The lowest BCUT2D eigenvalue weighted by atomic mass is 9.95. The molecule has 3 rings (SSSR count). The Morgan fingerprint density at radius 1 is 1.06 bits per heavy atom. The summed E-state index contributed by atoms with van der Waals surface area (Å²) in [6.07, 6.45) is 6.10. The summed E-state index contributed by atoms with van der Waals surface area (Å²) in [7, 11) is 3.19. The number of urea groups is 1. The number of carbonyl (C=O) groups excluding carboxylic acids is 2. The molecule has 1 aliphatic carbocycles. The molecular weight excluding hydrogens is 394 g/mol. The van der Waals surface area contributed by atoms with E-state index >= 15 is 0 Å². The van der Waals surface area contributed by atoms with Crippen LogP contribution in [0.2, 0.25) is 0 Å². The molecule has 2 fully saturated rings. The largest absolute Gasteiger partial charge is 0.493 e. The molecule has 0 aromatic heterocycles. The average molecular weight is 432 g/mol. The average Bonchev–Trinajstić information content (AvgIpc) is 2.79. The van der Waals surface area contributed by atoms with E-state index in [0.29, 0.717) is 43.6 Å². The van der Waals surface area contributed by atoms with Crippen molar-refractivity contribution in [1.82, 2.24) is 15.1 Å². The van der Waals surface area contributed by atoms with E-state index in [1.165, 1.54) is 19.3 Å². The van der Waals surface area contributed by atoms with E-state index in [2.05, 4.69) is 19.2 Å². The summed E-state index contributed by atoms with van der Waals surface area (Å²) in [5, 5.41) is 3.24. The van der Waals surface area contributed by atoms with Crippen molar-refractivity contribution in [2.45, 2.75) is 64.5 Å². The van der Waals surface area contributed by atoms with E-state index < -0.39 is 0 Å². The molecule has 7 nitrogen and oxygen atoms in total. The van der Waals surface area contributed by atoms with Crippen molar-refractivity contribution in [3.63, 3.8) is 0 Å². The van der Waals surface area contributed by atoms with Crippen molar-refractivity contribution in [2.24, 2.45) is 5.92 Å².